The molecule has 0 bridgehead atoms. The molecular formula is C13H21NOS. The number of rotatable bonds is 5. The van der Waals surface area contributed by atoms with Crippen LogP contribution in [0.3, 0.4) is 0 Å². The molecule has 0 amide bonds. The minimum absolute atomic E-state index is 0.0624. The maximum atomic E-state index is 11.8. The fourth-order valence-electron chi connectivity index (χ4n) is 1.49. The van der Waals surface area contributed by atoms with Crippen molar-refractivity contribution < 1.29 is 4.21 Å². The number of aryl methyl sites for hydroxylation is 2. The first kappa shape index (κ1) is 13.4. The Balaban J connectivity index is 2.59. The summed E-state index contributed by atoms with van der Waals surface area (Å²) in [6, 6.07) is 6.32. The van der Waals surface area contributed by atoms with Gasteiger partial charge in [-0.1, -0.05) is 25.1 Å². The molecule has 0 fully saturated rings. The molecule has 0 saturated carbocycles. The van der Waals surface area contributed by atoms with Crippen molar-refractivity contribution in [2.45, 2.75) is 39.0 Å². The molecule has 0 saturated heterocycles. The molecule has 1 rings (SSSR count). The molecular weight excluding hydrogens is 218 g/mol. The summed E-state index contributed by atoms with van der Waals surface area (Å²) in [5, 5.41) is 0. The summed E-state index contributed by atoms with van der Waals surface area (Å²) >= 11 is 0. The Labute approximate surface area is 101 Å². The highest BCUT2D eigenvalue weighted by molar-refractivity contribution is 7.84. The van der Waals surface area contributed by atoms with E-state index in [0.29, 0.717) is 11.5 Å². The molecule has 90 valence electrons. The van der Waals surface area contributed by atoms with E-state index in [9.17, 15) is 4.21 Å². The van der Waals surface area contributed by atoms with Crippen LogP contribution in [0.15, 0.2) is 18.2 Å². The van der Waals surface area contributed by atoms with Gasteiger partial charge in [0.05, 0.1) is 0 Å². The number of benzene rings is 1. The second-order valence-corrected chi connectivity index (χ2v) is 5.84. The van der Waals surface area contributed by atoms with Gasteiger partial charge >= 0.3 is 0 Å². The van der Waals surface area contributed by atoms with Crippen LogP contribution in [0.2, 0.25) is 0 Å². The van der Waals surface area contributed by atoms with E-state index in [0.717, 1.165) is 12.0 Å². The molecule has 0 radical (unpaired) electrons. The van der Waals surface area contributed by atoms with Gasteiger partial charge in [-0.15, -0.1) is 0 Å². The highest BCUT2D eigenvalue weighted by atomic mass is 32.2. The van der Waals surface area contributed by atoms with Crippen molar-refractivity contribution in [3.63, 3.8) is 0 Å². The van der Waals surface area contributed by atoms with E-state index in [2.05, 4.69) is 32.0 Å². The van der Waals surface area contributed by atoms with Crippen molar-refractivity contribution in [3.05, 3.63) is 34.9 Å². The zero-order valence-corrected chi connectivity index (χ0v) is 11.1. The summed E-state index contributed by atoms with van der Waals surface area (Å²) in [5.74, 6) is 1.22. The average Bonchev–Trinajstić information content (AvgIpc) is 2.23. The molecule has 0 aliphatic heterocycles. The van der Waals surface area contributed by atoms with Crippen LogP contribution >= 0.6 is 0 Å². The zero-order chi connectivity index (χ0) is 12.1. The molecule has 0 spiro atoms. The topological polar surface area (TPSA) is 43.1 Å². The molecule has 16 heavy (non-hydrogen) atoms. The minimum Gasteiger partial charge on any atom is -0.327 e. The third-order valence-corrected chi connectivity index (χ3v) is 4.28. The SMILES string of the molecule is CCC(N)CS(=O)Cc1ccc(C)c(C)c1. The summed E-state index contributed by atoms with van der Waals surface area (Å²) in [6.45, 7) is 6.19. The second kappa shape index (κ2) is 6.16. The van der Waals surface area contributed by atoms with Crippen LogP contribution in [0.5, 0.6) is 0 Å². The summed E-state index contributed by atoms with van der Waals surface area (Å²) in [6.07, 6.45) is 0.888. The van der Waals surface area contributed by atoms with E-state index < -0.39 is 10.8 Å². The van der Waals surface area contributed by atoms with Crippen molar-refractivity contribution in [1.82, 2.24) is 0 Å². The molecule has 0 aliphatic carbocycles. The van der Waals surface area contributed by atoms with Crippen LogP contribution in [0.4, 0.5) is 0 Å². The summed E-state index contributed by atoms with van der Waals surface area (Å²) < 4.78 is 11.8. The molecule has 2 unspecified atom stereocenters. The van der Waals surface area contributed by atoms with Crippen LogP contribution in [-0.4, -0.2) is 16.0 Å². The first-order valence-electron chi connectivity index (χ1n) is 5.69. The minimum atomic E-state index is -0.841. The summed E-state index contributed by atoms with van der Waals surface area (Å²) in [5.41, 5.74) is 9.47. The fourth-order valence-corrected chi connectivity index (χ4v) is 2.88. The van der Waals surface area contributed by atoms with Crippen LogP contribution in [0, 0.1) is 13.8 Å². The van der Waals surface area contributed by atoms with Gasteiger partial charge in [0, 0.05) is 28.3 Å². The molecule has 1 aromatic rings. The molecule has 0 aromatic heterocycles. The number of hydrogen-bond acceptors (Lipinski definition) is 2. The highest BCUT2D eigenvalue weighted by Crippen LogP contribution is 2.12. The lowest BCUT2D eigenvalue weighted by molar-refractivity contribution is 0.663. The Morgan fingerprint density at radius 2 is 2.00 bits per heavy atom. The van der Waals surface area contributed by atoms with E-state index in [1.165, 1.54) is 11.1 Å². The quantitative estimate of drug-likeness (QED) is 0.856. The molecule has 2 N–H and O–H groups in total. The summed E-state index contributed by atoms with van der Waals surface area (Å²) in [7, 11) is -0.841. The van der Waals surface area contributed by atoms with E-state index >= 15 is 0 Å². The van der Waals surface area contributed by atoms with Gasteiger partial charge < -0.3 is 5.73 Å². The van der Waals surface area contributed by atoms with Gasteiger partial charge in [0.2, 0.25) is 0 Å². The fraction of sp³-hybridized carbons (Fsp3) is 0.538. The number of nitrogens with two attached hydrogens (primary N) is 1. The lowest BCUT2D eigenvalue weighted by atomic mass is 10.1. The highest BCUT2D eigenvalue weighted by Gasteiger charge is 2.07. The Bertz CT molecular complexity index is 376. The van der Waals surface area contributed by atoms with Gasteiger partial charge in [0.1, 0.15) is 0 Å². The monoisotopic (exact) mass is 239 g/mol. The first-order valence-corrected chi connectivity index (χ1v) is 7.18. The normalized spacial score (nSPS) is 14.8. The Morgan fingerprint density at radius 3 is 2.56 bits per heavy atom. The molecule has 2 atom stereocenters. The van der Waals surface area contributed by atoms with Crippen LogP contribution in [0.25, 0.3) is 0 Å². The first-order chi connectivity index (χ1) is 7.52. The molecule has 1 aromatic carbocycles. The lowest BCUT2D eigenvalue weighted by Crippen LogP contribution is -2.26. The summed E-state index contributed by atoms with van der Waals surface area (Å²) in [4.78, 5) is 0. The molecule has 2 nitrogen and oxygen atoms in total. The van der Waals surface area contributed by atoms with Crippen LogP contribution in [0.1, 0.15) is 30.0 Å². The maximum absolute atomic E-state index is 11.8. The molecule has 0 heterocycles. The average molecular weight is 239 g/mol. The zero-order valence-electron chi connectivity index (χ0n) is 10.3. The van der Waals surface area contributed by atoms with Crippen molar-refractivity contribution in [3.8, 4) is 0 Å². The van der Waals surface area contributed by atoms with Crippen LogP contribution < -0.4 is 5.73 Å². The van der Waals surface area contributed by atoms with E-state index in [1.54, 1.807) is 0 Å². The third-order valence-electron chi connectivity index (χ3n) is 2.82. The van der Waals surface area contributed by atoms with Gasteiger partial charge in [-0.25, -0.2) is 0 Å². The van der Waals surface area contributed by atoms with Gasteiger partial charge in [-0.3, -0.25) is 4.21 Å². The van der Waals surface area contributed by atoms with Crippen molar-refractivity contribution in [1.29, 1.82) is 0 Å². The Hall–Kier alpha value is -0.670. The Kier molecular flexibility index (Phi) is 5.16. The predicted molar refractivity (Wildman–Crippen MR) is 70.9 cm³/mol. The van der Waals surface area contributed by atoms with Gasteiger partial charge in [-0.2, -0.15) is 0 Å². The van der Waals surface area contributed by atoms with Crippen molar-refractivity contribution >= 4 is 10.8 Å². The van der Waals surface area contributed by atoms with Crippen molar-refractivity contribution in [2.24, 2.45) is 5.73 Å². The predicted octanol–water partition coefficient (Wildman–Crippen LogP) is 2.29. The Morgan fingerprint density at radius 1 is 1.31 bits per heavy atom. The van der Waals surface area contributed by atoms with Gasteiger partial charge in [-0.05, 0) is 37.0 Å². The molecule has 3 heteroatoms. The largest absolute Gasteiger partial charge is 0.327 e. The van der Waals surface area contributed by atoms with E-state index in [4.69, 9.17) is 5.73 Å². The number of hydrogen-bond donors (Lipinski definition) is 1. The van der Waals surface area contributed by atoms with Crippen LogP contribution in [-0.2, 0) is 16.6 Å². The standard InChI is InChI=1S/C13H21NOS/c1-4-13(14)9-16(15)8-12-6-5-10(2)11(3)7-12/h5-7,13H,4,8-9,14H2,1-3H3. The van der Waals surface area contributed by atoms with Crippen molar-refractivity contribution in [2.75, 3.05) is 5.75 Å². The maximum Gasteiger partial charge on any atom is 0.0486 e. The van der Waals surface area contributed by atoms with Gasteiger partial charge in [0.15, 0.2) is 0 Å². The smallest absolute Gasteiger partial charge is 0.0486 e. The lowest BCUT2D eigenvalue weighted by Gasteiger charge is -2.09. The molecule has 0 aliphatic rings. The van der Waals surface area contributed by atoms with E-state index in [1.807, 2.05) is 6.92 Å². The van der Waals surface area contributed by atoms with E-state index in [-0.39, 0.29) is 6.04 Å². The van der Waals surface area contributed by atoms with Gasteiger partial charge in [0.25, 0.3) is 0 Å². The second-order valence-electron chi connectivity index (χ2n) is 4.34. The third kappa shape index (κ3) is 4.06.